The molecule has 3 nitrogen and oxygen atoms in total. The second kappa shape index (κ2) is 9.99. The first-order chi connectivity index (χ1) is 16.2. The van der Waals surface area contributed by atoms with Gasteiger partial charge in [-0.15, -0.1) is 0 Å². The second-order valence-corrected chi connectivity index (χ2v) is 9.96. The lowest BCUT2D eigenvalue weighted by Crippen LogP contribution is -2.01. The molecular weight excluding hydrogens is 438 g/mol. The number of benzene rings is 3. The minimum absolute atomic E-state index is 0.353. The van der Waals surface area contributed by atoms with Gasteiger partial charge in [0.1, 0.15) is 0 Å². The van der Waals surface area contributed by atoms with Crippen LogP contribution >= 0.6 is 11.6 Å². The Balaban J connectivity index is 1.77. The summed E-state index contributed by atoms with van der Waals surface area (Å²) in [5.41, 5.74) is 10.4. The summed E-state index contributed by atoms with van der Waals surface area (Å²) in [7, 11) is 0. The molecule has 0 fully saturated rings. The number of aryl methyl sites for hydroxylation is 2. The molecule has 174 valence electrons. The molecule has 0 amide bonds. The quantitative estimate of drug-likeness (QED) is 0.306. The Kier molecular flexibility index (Phi) is 7.04. The summed E-state index contributed by atoms with van der Waals surface area (Å²) in [6.45, 7) is 13.2. The van der Waals surface area contributed by atoms with E-state index in [1.165, 1.54) is 33.4 Å². The van der Waals surface area contributed by atoms with E-state index in [1.54, 1.807) is 6.20 Å². The number of anilines is 2. The highest BCUT2D eigenvalue weighted by molar-refractivity contribution is 6.31. The largest absolute Gasteiger partial charge is 0.338 e. The van der Waals surface area contributed by atoms with Crippen LogP contribution in [0.5, 0.6) is 0 Å². The van der Waals surface area contributed by atoms with Crippen LogP contribution < -0.4 is 5.32 Å². The SMILES string of the molecule is Cc1cc(C)cc(Nc2nc(-c3cccc(-c4c(C(C)C)cccc4C(C)C)c3)cnc2Cl)c1. The van der Waals surface area contributed by atoms with Gasteiger partial charge in [-0.05, 0) is 77.3 Å². The molecule has 0 aliphatic carbocycles. The van der Waals surface area contributed by atoms with E-state index in [2.05, 4.69) is 113 Å². The fraction of sp³-hybridized carbons (Fsp3) is 0.267. The molecule has 1 N–H and O–H groups in total. The summed E-state index contributed by atoms with van der Waals surface area (Å²) in [5.74, 6) is 1.42. The van der Waals surface area contributed by atoms with Crippen molar-refractivity contribution in [2.75, 3.05) is 5.32 Å². The van der Waals surface area contributed by atoms with Crippen LogP contribution in [0.15, 0.2) is 66.9 Å². The van der Waals surface area contributed by atoms with Crippen LogP contribution in [0.3, 0.4) is 0 Å². The van der Waals surface area contributed by atoms with Crippen molar-refractivity contribution in [1.82, 2.24) is 9.97 Å². The van der Waals surface area contributed by atoms with Crippen LogP contribution in [-0.4, -0.2) is 9.97 Å². The van der Waals surface area contributed by atoms with Crippen molar-refractivity contribution >= 4 is 23.1 Å². The maximum absolute atomic E-state index is 6.42. The molecule has 1 aromatic heterocycles. The molecule has 0 saturated carbocycles. The summed E-state index contributed by atoms with van der Waals surface area (Å²) < 4.78 is 0. The van der Waals surface area contributed by atoms with Gasteiger partial charge in [0.2, 0.25) is 0 Å². The lowest BCUT2D eigenvalue weighted by molar-refractivity contribution is 0.838. The van der Waals surface area contributed by atoms with Gasteiger partial charge in [-0.25, -0.2) is 9.97 Å². The van der Waals surface area contributed by atoms with Gasteiger partial charge in [-0.3, -0.25) is 0 Å². The highest BCUT2D eigenvalue weighted by atomic mass is 35.5. The molecule has 0 radical (unpaired) electrons. The molecule has 0 saturated heterocycles. The minimum atomic E-state index is 0.353. The van der Waals surface area contributed by atoms with E-state index >= 15 is 0 Å². The van der Waals surface area contributed by atoms with E-state index in [4.69, 9.17) is 16.6 Å². The van der Waals surface area contributed by atoms with E-state index < -0.39 is 0 Å². The molecule has 34 heavy (non-hydrogen) atoms. The lowest BCUT2D eigenvalue weighted by Gasteiger charge is -2.20. The number of aromatic nitrogens is 2. The number of hydrogen-bond donors (Lipinski definition) is 1. The Bertz CT molecular complexity index is 1280. The third kappa shape index (κ3) is 5.15. The molecule has 0 spiro atoms. The van der Waals surface area contributed by atoms with Gasteiger partial charge in [0.05, 0.1) is 11.9 Å². The highest BCUT2D eigenvalue weighted by Crippen LogP contribution is 2.37. The topological polar surface area (TPSA) is 37.8 Å². The van der Waals surface area contributed by atoms with E-state index in [9.17, 15) is 0 Å². The molecule has 3 aromatic carbocycles. The molecule has 0 unspecified atom stereocenters. The van der Waals surface area contributed by atoms with Crippen LogP contribution in [0.1, 0.15) is 61.8 Å². The Morgan fingerprint density at radius 3 is 1.97 bits per heavy atom. The normalized spacial score (nSPS) is 11.3. The van der Waals surface area contributed by atoms with Crippen LogP contribution in [0.4, 0.5) is 11.5 Å². The van der Waals surface area contributed by atoms with Crippen LogP contribution in [0, 0.1) is 13.8 Å². The third-order valence-corrected chi connectivity index (χ3v) is 6.31. The average molecular weight is 470 g/mol. The smallest absolute Gasteiger partial charge is 0.171 e. The van der Waals surface area contributed by atoms with Crippen molar-refractivity contribution in [2.45, 2.75) is 53.4 Å². The number of nitrogens with zero attached hydrogens (tertiary/aromatic N) is 2. The fourth-order valence-corrected chi connectivity index (χ4v) is 4.63. The molecule has 4 rings (SSSR count). The van der Waals surface area contributed by atoms with Gasteiger partial charge in [0.25, 0.3) is 0 Å². The first-order valence-corrected chi connectivity index (χ1v) is 12.2. The average Bonchev–Trinajstić information content (AvgIpc) is 2.79. The van der Waals surface area contributed by atoms with Crippen molar-refractivity contribution in [3.63, 3.8) is 0 Å². The number of rotatable bonds is 6. The first kappa shape index (κ1) is 24.0. The van der Waals surface area contributed by atoms with Crippen LogP contribution in [-0.2, 0) is 0 Å². The summed E-state index contributed by atoms with van der Waals surface area (Å²) in [5, 5.41) is 3.71. The number of halogens is 1. The molecule has 0 bridgehead atoms. The third-order valence-electron chi connectivity index (χ3n) is 6.03. The van der Waals surface area contributed by atoms with Crippen LogP contribution in [0.2, 0.25) is 5.15 Å². The maximum atomic E-state index is 6.42. The highest BCUT2D eigenvalue weighted by Gasteiger charge is 2.16. The fourth-order valence-electron chi connectivity index (χ4n) is 4.49. The Morgan fingerprint density at radius 1 is 0.765 bits per heavy atom. The number of nitrogens with one attached hydrogen (secondary N) is 1. The molecule has 0 atom stereocenters. The monoisotopic (exact) mass is 469 g/mol. The molecular formula is C30H32ClN3. The molecule has 0 aliphatic rings. The second-order valence-electron chi connectivity index (χ2n) is 9.60. The predicted molar refractivity (Wildman–Crippen MR) is 145 cm³/mol. The molecule has 4 aromatic rings. The van der Waals surface area contributed by atoms with E-state index in [0.29, 0.717) is 22.8 Å². The first-order valence-electron chi connectivity index (χ1n) is 11.8. The van der Waals surface area contributed by atoms with Crippen LogP contribution in [0.25, 0.3) is 22.4 Å². The van der Waals surface area contributed by atoms with E-state index in [0.717, 1.165) is 16.9 Å². The standard InChI is InChI=1S/C30H32ClN3/c1-18(2)25-11-8-12-26(19(3)4)28(25)23-10-7-9-22(16-23)27-17-32-29(31)30(34-27)33-24-14-20(5)13-21(6)15-24/h7-19H,1-6H3,(H,33,34). The zero-order chi connectivity index (χ0) is 24.4. The summed E-state index contributed by atoms with van der Waals surface area (Å²) in [6.07, 6.45) is 1.74. The molecule has 1 heterocycles. The van der Waals surface area contributed by atoms with Gasteiger partial charge in [-0.2, -0.15) is 0 Å². The van der Waals surface area contributed by atoms with E-state index in [-0.39, 0.29) is 0 Å². The number of hydrogen-bond acceptors (Lipinski definition) is 3. The Labute approximate surface area is 208 Å². The van der Waals surface area contributed by atoms with Crippen molar-refractivity contribution in [2.24, 2.45) is 0 Å². The zero-order valence-electron chi connectivity index (χ0n) is 20.8. The van der Waals surface area contributed by atoms with Gasteiger partial charge in [-0.1, -0.05) is 81.8 Å². The van der Waals surface area contributed by atoms with Crippen molar-refractivity contribution in [3.05, 3.63) is 94.3 Å². The zero-order valence-corrected chi connectivity index (χ0v) is 21.5. The van der Waals surface area contributed by atoms with Crippen molar-refractivity contribution in [3.8, 4) is 22.4 Å². The molecule has 0 aliphatic heterocycles. The predicted octanol–water partition coefficient (Wildman–Crippen LogP) is 9.07. The van der Waals surface area contributed by atoms with Gasteiger partial charge in [0.15, 0.2) is 11.0 Å². The van der Waals surface area contributed by atoms with Crippen molar-refractivity contribution < 1.29 is 0 Å². The summed E-state index contributed by atoms with van der Waals surface area (Å²) in [4.78, 5) is 9.27. The summed E-state index contributed by atoms with van der Waals surface area (Å²) in [6, 6.07) is 21.5. The lowest BCUT2D eigenvalue weighted by atomic mass is 9.84. The molecule has 4 heteroatoms. The summed E-state index contributed by atoms with van der Waals surface area (Å²) >= 11 is 6.42. The van der Waals surface area contributed by atoms with Crippen molar-refractivity contribution in [1.29, 1.82) is 0 Å². The van der Waals surface area contributed by atoms with Gasteiger partial charge in [0, 0.05) is 11.3 Å². The van der Waals surface area contributed by atoms with E-state index in [1.807, 2.05) is 0 Å². The Hall–Kier alpha value is -3.17. The van der Waals surface area contributed by atoms with Gasteiger partial charge < -0.3 is 5.32 Å². The minimum Gasteiger partial charge on any atom is -0.338 e. The Morgan fingerprint density at radius 2 is 1.35 bits per heavy atom. The maximum Gasteiger partial charge on any atom is 0.171 e. The van der Waals surface area contributed by atoms with Gasteiger partial charge >= 0.3 is 0 Å².